The first-order chi connectivity index (χ1) is 11.8. The van der Waals surface area contributed by atoms with Crippen molar-refractivity contribution in [3.05, 3.63) is 0 Å². The van der Waals surface area contributed by atoms with Crippen molar-refractivity contribution in [3.8, 4) is 0 Å². The fourth-order valence-corrected chi connectivity index (χ4v) is 4.44. The number of carbonyl (C=O) groups is 2. The summed E-state index contributed by atoms with van der Waals surface area (Å²) >= 11 is 0. The summed E-state index contributed by atoms with van der Waals surface area (Å²) < 4.78 is 6.05. The number of hydrogen-bond acceptors (Lipinski definition) is 3. The van der Waals surface area contributed by atoms with Crippen molar-refractivity contribution in [3.63, 3.8) is 0 Å². The van der Waals surface area contributed by atoms with Crippen LogP contribution in [0.25, 0.3) is 0 Å². The van der Waals surface area contributed by atoms with E-state index < -0.39 is 17.8 Å². The van der Waals surface area contributed by atoms with Crippen molar-refractivity contribution < 1.29 is 19.4 Å². The van der Waals surface area contributed by atoms with Crippen molar-refractivity contribution >= 4 is 11.9 Å². The van der Waals surface area contributed by atoms with Gasteiger partial charge in [0.05, 0.1) is 11.8 Å². The van der Waals surface area contributed by atoms with Gasteiger partial charge in [-0.25, -0.2) is 0 Å². The molecule has 3 unspecified atom stereocenters. The van der Waals surface area contributed by atoms with Crippen LogP contribution in [0.3, 0.4) is 0 Å². The highest BCUT2D eigenvalue weighted by molar-refractivity contribution is 5.81. The highest BCUT2D eigenvalue weighted by Gasteiger charge is 2.39. The minimum Gasteiger partial charge on any atom is -0.481 e. The smallest absolute Gasteiger partial charge is 0.310 e. The monoisotopic (exact) mass is 352 g/mol. The summed E-state index contributed by atoms with van der Waals surface area (Å²) in [6, 6.07) is 0. The number of rotatable bonds is 7. The average molecular weight is 353 g/mol. The molecule has 2 fully saturated rings. The maximum atomic E-state index is 12.9. The van der Waals surface area contributed by atoms with Crippen LogP contribution in [0.15, 0.2) is 0 Å². The molecule has 0 aromatic rings. The van der Waals surface area contributed by atoms with Gasteiger partial charge in [0, 0.05) is 0 Å². The molecule has 2 rings (SSSR count). The van der Waals surface area contributed by atoms with Crippen LogP contribution in [-0.4, -0.2) is 23.1 Å². The molecule has 3 atom stereocenters. The van der Waals surface area contributed by atoms with Gasteiger partial charge in [-0.2, -0.15) is 0 Å². The predicted molar refractivity (Wildman–Crippen MR) is 98.2 cm³/mol. The zero-order valence-electron chi connectivity index (χ0n) is 16.3. The number of aliphatic carboxylic acids is 1. The van der Waals surface area contributed by atoms with Gasteiger partial charge in [-0.3, -0.25) is 9.59 Å². The number of ether oxygens (including phenoxy) is 1. The third-order valence-corrected chi connectivity index (χ3v) is 6.54. The van der Waals surface area contributed by atoms with E-state index in [9.17, 15) is 14.7 Å². The highest BCUT2D eigenvalue weighted by atomic mass is 16.5. The molecular weight excluding hydrogens is 316 g/mol. The van der Waals surface area contributed by atoms with Crippen LogP contribution in [0.2, 0.25) is 0 Å². The van der Waals surface area contributed by atoms with Gasteiger partial charge in [-0.05, 0) is 43.4 Å². The maximum Gasteiger partial charge on any atom is 0.310 e. The topological polar surface area (TPSA) is 63.6 Å². The van der Waals surface area contributed by atoms with E-state index in [0.717, 1.165) is 38.5 Å². The van der Waals surface area contributed by atoms with Crippen LogP contribution in [-0.2, 0) is 14.3 Å². The van der Waals surface area contributed by atoms with E-state index in [1.165, 1.54) is 19.3 Å². The molecule has 2 saturated carbocycles. The van der Waals surface area contributed by atoms with Crippen LogP contribution in [0, 0.1) is 23.2 Å². The second-order valence-electron chi connectivity index (χ2n) is 8.93. The van der Waals surface area contributed by atoms with Gasteiger partial charge >= 0.3 is 11.9 Å². The van der Waals surface area contributed by atoms with Crippen molar-refractivity contribution in [1.29, 1.82) is 0 Å². The van der Waals surface area contributed by atoms with Gasteiger partial charge in [0.1, 0.15) is 6.10 Å². The standard InChI is InChI=1S/C21H36O4/c1-4-21(2,3)14-18(15-10-6-5-7-11-15)25-20(24)17-13-9-8-12-16(17)19(22)23/h15-18H,4-14H2,1-3H3,(H,22,23). The van der Waals surface area contributed by atoms with Crippen LogP contribution in [0.4, 0.5) is 0 Å². The second-order valence-corrected chi connectivity index (χ2v) is 8.93. The van der Waals surface area contributed by atoms with Crippen LogP contribution < -0.4 is 0 Å². The van der Waals surface area contributed by atoms with Crippen LogP contribution in [0.1, 0.15) is 91.4 Å². The molecule has 0 saturated heterocycles. The summed E-state index contributed by atoms with van der Waals surface area (Å²) in [5.41, 5.74) is 0.140. The Kier molecular flexibility index (Phi) is 7.33. The molecule has 0 aromatic carbocycles. The summed E-state index contributed by atoms with van der Waals surface area (Å²) in [5, 5.41) is 9.46. The van der Waals surface area contributed by atoms with Gasteiger partial charge in [0.15, 0.2) is 0 Å². The summed E-state index contributed by atoms with van der Waals surface area (Å²) in [6.07, 6.45) is 10.9. The van der Waals surface area contributed by atoms with Gasteiger partial charge in [0.2, 0.25) is 0 Å². The van der Waals surface area contributed by atoms with E-state index in [2.05, 4.69) is 20.8 Å². The van der Waals surface area contributed by atoms with Crippen molar-refractivity contribution in [1.82, 2.24) is 0 Å². The minimum absolute atomic E-state index is 0.0564. The molecule has 0 radical (unpaired) electrons. The number of carbonyl (C=O) groups excluding carboxylic acids is 1. The molecule has 0 aliphatic heterocycles. The Morgan fingerprint density at radius 1 is 1.00 bits per heavy atom. The Balaban J connectivity index is 2.08. The molecule has 0 heterocycles. The number of carboxylic acids is 1. The molecule has 0 bridgehead atoms. The van der Waals surface area contributed by atoms with Crippen molar-refractivity contribution in [2.75, 3.05) is 0 Å². The summed E-state index contributed by atoms with van der Waals surface area (Å²) in [5.74, 6) is -1.68. The van der Waals surface area contributed by atoms with Gasteiger partial charge in [0.25, 0.3) is 0 Å². The van der Waals surface area contributed by atoms with E-state index in [1.54, 1.807) is 0 Å². The zero-order chi connectivity index (χ0) is 18.4. The lowest BCUT2D eigenvalue weighted by Crippen LogP contribution is -2.39. The molecule has 2 aliphatic rings. The number of carboxylic acid groups (broad SMARTS) is 1. The number of hydrogen-bond donors (Lipinski definition) is 1. The lowest BCUT2D eigenvalue weighted by Gasteiger charge is -2.37. The maximum absolute atomic E-state index is 12.9. The molecule has 4 heteroatoms. The van der Waals surface area contributed by atoms with Gasteiger partial charge in [-0.1, -0.05) is 59.3 Å². The lowest BCUT2D eigenvalue weighted by atomic mass is 9.76. The fourth-order valence-electron chi connectivity index (χ4n) is 4.44. The molecule has 0 amide bonds. The largest absolute Gasteiger partial charge is 0.481 e. The summed E-state index contributed by atoms with van der Waals surface area (Å²) in [7, 11) is 0. The lowest BCUT2D eigenvalue weighted by molar-refractivity contribution is -0.168. The van der Waals surface area contributed by atoms with Crippen LogP contribution >= 0.6 is 0 Å². The first-order valence-electron chi connectivity index (χ1n) is 10.3. The van der Waals surface area contributed by atoms with Gasteiger partial charge < -0.3 is 9.84 Å². The Hall–Kier alpha value is -1.06. The van der Waals surface area contributed by atoms with E-state index in [0.29, 0.717) is 18.8 Å². The molecule has 144 valence electrons. The average Bonchev–Trinajstić information content (AvgIpc) is 2.61. The Morgan fingerprint density at radius 3 is 2.12 bits per heavy atom. The van der Waals surface area contributed by atoms with E-state index in [-0.39, 0.29) is 17.5 Å². The molecule has 1 N–H and O–H groups in total. The predicted octanol–water partition coefficient (Wildman–Crippen LogP) is 5.20. The summed E-state index contributed by atoms with van der Waals surface area (Å²) in [6.45, 7) is 6.65. The molecule has 0 spiro atoms. The fraction of sp³-hybridized carbons (Fsp3) is 0.905. The third-order valence-electron chi connectivity index (χ3n) is 6.54. The van der Waals surface area contributed by atoms with E-state index >= 15 is 0 Å². The minimum atomic E-state index is -0.843. The van der Waals surface area contributed by atoms with Gasteiger partial charge in [-0.15, -0.1) is 0 Å². The Labute approximate surface area is 152 Å². The van der Waals surface area contributed by atoms with E-state index in [4.69, 9.17) is 4.74 Å². The summed E-state index contributed by atoms with van der Waals surface area (Å²) in [4.78, 5) is 24.4. The first kappa shape index (κ1) is 20.3. The Morgan fingerprint density at radius 2 is 1.56 bits per heavy atom. The quantitative estimate of drug-likeness (QED) is 0.640. The molecular formula is C21H36O4. The van der Waals surface area contributed by atoms with Crippen molar-refractivity contribution in [2.45, 2.75) is 97.5 Å². The van der Waals surface area contributed by atoms with Crippen LogP contribution in [0.5, 0.6) is 0 Å². The molecule has 25 heavy (non-hydrogen) atoms. The Bertz CT molecular complexity index is 451. The highest BCUT2D eigenvalue weighted by Crippen LogP contribution is 2.38. The second kappa shape index (κ2) is 9.05. The molecule has 2 aliphatic carbocycles. The first-order valence-corrected chi connectivity index (χ1v) is 10.3. The van der Waals surface area contributed by atoms with Crippen molar-refractivity contribution in [2.24, 2.45) is 23.2 Å². The zero-order valence-corrected chi connectivity index (χ0v) is 16.3. The SMILES string of the molecule is CCC(C)(C)CC(OC(=O)C1CCCCC1C(=O)O)C1CCCCC1. The van der Waals surface area contributed by atoms with E-state index in [1.807, 2.05) is 0 Å². The third kappa shape index (κ3) is 5.72. The number of esters is 1. The normalized spacial score (nSPS) is 26.8. The molecule has 0 aromatic heterocycles. The molecule has 4 nitrogen and oxygen atoms in total.